The largest absolute Gasteiger partial charge is 0.277 e. The molecule has 2 aromatic rings. The molecule has 0 saturated heterocycles. The highest BCUT2D eigenvalue weighted by Crippen LogP contribution is 2.20. The van der Waals surface area contributed by atoms with E-state index in [2.05, 4.69) is 0 Å². The van der Waals surface area contributed by atoms with Crippen LogP contribution in [-0.4, -0.2) is 4.92 Å². The zero-order valence-electron chi connectivity index (χ0n) is 8.37. The highest BCUT2D eigenvalue weighted by molar-refractivity contribution is 7.10. The van der Waals surface area contributed by atoms with E-state index in [9.17, 15) is 10.1 Å². The number of nitrogens with zero attached hydrogens (tertiary/aromatic N) is 1. The van der Waals surface area contributed by atoms with Gasteiger partial charge in [0.1, 0.15) is 0 Å². The number of rotatable bonds is 3. The Morgan fingerprint density at radius 2 is 1.94 bits per heavy atom. The Balaban J connectivity index is 2.43. The van der Waals surface area contributed by atoms with Crippen LogP contribution < -0.4 is 0 Å². The van der Waals surface area contributed by atoms with Gasteiger partial charge in [-0.1, -0.05) is 24.3 Å². The molecular weight excluding hydrogens is 222 g/mol. The fourth-order valence-corrected chi connectivity index (χ4v) is 2.01. The van der Waals surface area contributed by atoms with Crippen LogP contribution in [0.4, 0.5) is 0 Å². The van der Waals surface area contributed by atoms with Gasteiger partial charge in [-0.2, -0.15) is 0 Å². The summed E-state index contributed by atoms with van der Waals surface area (Å²) in [5, 5.41) is 12.9. The van der Waals surface area contributed by atoms with Gasteiger partial charge in [0.05, 0.1) is 10.5 Å². The molecule has 2 rings (SSSR count). The van der Waals surface area contributed by atoms with Gasteiger partial charge in [0.2, 0.25) is 0 Å². The first-order valence-electron chi connectivity index (χ1n) is 4.72. The molecule has 0 aliphatic carbocycles. The van der Waals surface area contributed by atoms with Crippen LogP contribution in [-0.2, 0) is 0 Å². The average molecular weight is 231 g/mol. The minimum absolute atomic E-state index is 0.128. The van der Waals surface area contributed by atoms with E-state index in [1.165, 1.54) is 11.3 Å². The summed E-state index contributed by atoms with van der Waals surface area (Å²) in [6, 6.07) is 12.6. The molecule has 0 fully saturated rings. The van der Waals surface area contributed by atoms with Crippen molar-refractivity contribution < 1.29 is 4.92 Å². The number of thiophene rings is 1. The van der Waals surface area contributed by atoms with E-state index in [0.29, 0.717) is 5.56 Å². The van der Waals surface area contributed by atoms with Gasteiger partial charge < -0.3 is 0 Å². The van der Waals surface area contributed by atoms with Crippen molar-refractivity contribution in [3.8, 4) is 0 Å². The van der Waals surface area contributed by atoms with Crippen molar-refractivity contribution in [1.82, 2.24) is 0 Å². The SMILES string of the molecule is O=[N+]([O-])/C(=C\c1cccs1)c1ccccc1. The molecule has 80 valence electrons. The highest BCUT2D eigenvalue weighted by atomic mass is 32.1. The van der Waals surface area contributed by atoms with E-state index in [1.807, 2.05) is 23.6 Å². The molecule has 16 heavy (non-hydrogen) atoms. The Labute approximate surface area is 96.8 Å². The first-order chi connectivity index (χ1) is 7.77. The number of hydrogen-bond donors (Lipinski definition) is 0. The molecule has 0 aliphatic heterocycles. The summed E-state index contributed by atoms with van der Waals surface area (Å²) in [4.78, 5) is 11.5. The lowest BCUT2D eigenvalue weighted by Gasteiger charge is -1.97. The topological polar surface area (TPSA) is 43.1 Å². The molecule has 4 heteroatoms. The van der Waals surface area contributed by atoms with Crippen molar-refractivity contribution in [2.75, 3.05) is 0 Å². The second-order valence-electron chi connectivity index (χ2n) is 3.17. The third-order valence-electron chi connectivity index (χ3n) is 2.09. The van der Waals surface area contributed by atoms with E-state index in [-0.39, 0.29) is 10.6 Å². The molecular formula is C12H9NO2S. The van der Waals surface area contributed by atoms with Crippen LogP contribution in [0, 0.1) is 10.1 Å². The van der Waals surface area contributed by atoms with Crippen LogP contribution in [0.2, 0.25) is 0 Å². The van der Waals surface area contributed by atoms with Crippen LogP contribution in [0.3, 0.4) is 0 Å². The maximum atomic E-state index is 11.0. The zero-order chi connectivity index (χ0) is 11.4. The lowest BCUT2D eigenvalue weighted by molar-refractivity contribution is -0.374. The zero-order valence-corrected chi connectivity index (χ0v) is 9.18. The summed E-state index contributed by atoms with van der Waals surface area (Å²) in [5.41, 5.74) is 0.754. The fraction of sp³-hybridized carbons (Fsp3) is 0. The van der Waals surface area contributed by atoms with Crippen molar-refractivity contribution in [1.29, 1.82) is 0 Å². The molecule has 0 amide bonds. The second kappa shape index (κ2) is 4.72. The first-order valence-corrected chi connectivity index (χ1v) is 5.60. The highest BCUT2D eigenvalue weighted by Gasteiger charge is 2.13. The van der Waals surface area contributed by atoms with Crippen LogP contribution in [0.15, 0.2) is 47.8 Å². The van der Waals surface area contributed by atoms with E-state index in [0.717, 1.165) is 4.88 Å². The van der Waals surface area contributed by atoms with Gasteiger partial charge in [-0.15, -0.1) is 11.3 Å². The summed E-state index contributed by atoms with van der Waals surface area (Å²) < 4.78 is 0. The molecule has 0 atom stereocenters. The maximum absolute atomic E-state index is 11.0. The lowest BCUT2D eigenvalue weighted by atomic mass is 10.1. The fourth-order valence-electron chi connectivity index (χ4n) is 1.36. The predicted molar refractivity (Wildman–Crippen MR) is 65.6 cm³/mol. The van der Waals surface area contributed by atoms with Gasteiger partial charge in [0.15, 0.2) is 0 Å². The van der Waals surface area contributed by atoms with Crippen molar-refractivity contribution >= 4 is 23.1 Å². The molecule has 0 radical (unpaired) electrons. The van der Waals surface area contributed by atoms with Gasteiger partial charge >= 0.3 is 0 Å². The van der Waals surface area contributed by atoms with Gasteiger partial charge in [-0.3, -0.25) is 10.1 Å². The second-order valence-corrected chi connectivity index (χ2v) is 4.15. The van der Waals surface area contributed by atoms with E-state index >= 15 is 0 Å². The van der Waals surface area contributed by atoms with Crippen LogP contribution in [0.1, 0.15) is 10.4 Å². The lowest BCUT2D eigenvalue weighted by Crippen LogP contribution is -1.96. The molecule has 0 bridgehead atoms. The molecule has 0 N–H and O–H groups in total. The number of hydrogen-bond acceptors (Lipinski definition) is 3. The monoisotopic (exact) mass is 231 g/mol. The Kier molecular flexibility index (Phi) is 3.12. The summed E-state index contributed by atoms with van der Waals surface area (Å²) in [6.45, 7) is 0. The van der Waals surface area contributed by atoms with Crippen LogP contribution >= 0.6 is 11.3 Å². The minimum Gasteiger partial charge on any atom is -0.258 e. The Hall–Kier alpha value is -1.94. The summed E-state index contributed by atoms with van der Waals surface area (Å²) in [6.07, 6.45) is 1.60. The van der Waals surface area contributed by atoms with Crippen molar-refractivity contribution in [3.05, 3.63) is 68.4 Å². The number of nitro groups is 1. The molecule has 1 aromatic carbocycles. The smallest absolute Gasteiger partial charge is 0.258 e. The summed E-state index contributed by atoms with van der Waals surface area (Å²) in [5.74, 6) is 0. The maximum Gasteiger partial charge on any atom is 0.277 e. The number of benzene rings is 1. The standard InChI is InChI=1S/C12H9NO2S/c14-13(15)12(9-11-7-4-8-16-11)10-5-2-1-3-6-10/h1-9H/b12-9-. The molecule has 1 aromatic heterocycles. The van der Waals surface area contributed by atoms with Crippen LogP contribution in [0.5, 0.6) is 0 Å². The Bertz CT molecular complexity index is 503. The molecule has 0 spiro atoms. The molecule has 0 saturated carbocycles. The van der Waals surface area contributed by atoms with Crippen LogP contribution in [0.25, 0.3) is 11.8 Å². The van der Waals surface area contributed by atoms with Gasteiger partial charge in [-0.25, -0.2) is 0 Å². The first kappa shape index (κ1) is 10.6. The predicted octanol–water partition coefficient (Wildman–Crippen LogP) is 3.52. The Morgan fingerprint density at radius 1 is 1.19 bits per heavy atom. The molecule has 1 heterocycles. The molecule has 3 nitrogen and oxygen atoms in total. The van der Waals surface area contributed by atoms with E-state index < -0.39 is 0 Å². The minimum atomic E-state index is -0.352. The quantitative estimate of drug-likeness (QED) is 0.599. The Morgan fingerprint density at radius 3 is 2.50 bits per heavy atom. The van der Waals surface area contributed by atoms with Crippen molar-refractivity contribution in [2.45, 2.75) is 0 Å². The van der Waals surface area contributed by atoms with Crippen molar-refractivity contribution in [2.24, 2.45) is 0 Å². The third kappa shape index (κ3) is 2.35. The van der Waals surface area contributed by atoms with E-state index in [4.69, 9.17) is 0 Å². The summed E-state index contributed by atoms with van der Waals surface area (Å²) in [7, 11) is 0. The average Bonchev–Trinajstić information content (AvgIpc) is 2.79. The molecule has 0 unspecified atom stereocenters. The normalized spacial score (nSPS) is 11.4. The summed E-state index contributed by atoms with van der Waals surface area (Å²) >= 11 is 1.48. The molecule has 0 aliphatic rings. The van der Waals surface area contributed by atoms with Gasteiger partial charge in [0, 0.05) is 11.0 Å². The van der Waals surface area contributed by atoms with E-state index in [1.54, 1.807) is 30.3 Å². The van der Waals surface area contributed by atoms with Gasteiger partial charge in [-0.05, 0) is 23.6 Å². The third-order valence-corrected chi connectivity index (χ3v) is 2.91. The van der Waals surface area contributed by atoms with Crippen molar-refractivity contribution in [3.63, 3.8) is 0 Å². The van der Waals surface area contributed by atoms with Gasteiger partial charge in [0.25, 0.3) is 5.70 Å².